The molecule has 1 saturated carbocycles. The van der Waals surface area contributed by atoms with Gasteiger partial charge in [-0.2, -0.15) is 0 Å². The molecule has 1 aromatic rings. The van der Waals surface area contributed by atoms with Crippen LogP contribution in [0.15, 0.2) is 18.2 Å². The molecular weight excluding hydrogens is 264 g/mol. The van der Waals surface area contributed by atoms with Gasteiger partial charge in [-0.05, 0) is 68.7 Å². The Balaban J connectivity index is 1.89. The molecule has 0 bridgehead atoms. The molecule has 0 heterocycles. The molecule has 0 atom stereocenters. The molecule has 0 aromatic heterocycles. The van der Waals surface area contributed by atoms with Gasteiger partial charge in [0, 0.05) is 11.7 Å². The molecule has 4 nitrogen and oxygen atoms in total. The minimum atomic E-state index is -0.585. The number of hydrogen-bond donors (Lipinski definition) is 2. The highest BCUT2D eigenvalue weighted by Crippen LogP contribution is 2.23. The third-order valence-electron chi connectivity index (χ3n) is 4.04. The monoisotopic (exact) mass is 288 g/mol. The Labute approximate surface area is 126 Å². The van der Waals surface area contributed by atoms with E-state index in [1.54, 1.807) is 0 Å². The van der Waals surface area contributed by atoms with Crippen LogP contribution in [0.25, 0.3) is 0 Å². The van der Waals surface area contributed by atoms with Crippen LogP contribution >= 0.6 is 0 Å². The van der Waals surface area contributed by atoms with Crippen molar-refractivity contribution in [2.75, 3.05) is 5.32 Å². The van der Waals surface area contributed by atoms with Crippen molar-refractivity contribution in [3.05, 3.63) is 29.3 Å². The lowest BCUT2D eigenvalue weighted by molar-refractivity contribution is -0.136. The average molecular weight is 288 g/mol. The Morgan fingerprint density at radius 3 is 2.10 bits per heavy atom. The van der Waals surface area contributed by atoms with Gasteiger partial charge in [0.15, 0.2) is 0 Å². The Bertz CT molecular complexity index is 511. The second-order valence-electron chi connectivity index (χ2n) is 6.26. The summed E-state index contributed by atoms with van der Waals surface area (Å²) >= 11 is 0. The molecule has 2 amide bonds. The zero-order valence-corrected chi connectivity index (χ0v) is 13.0. The van der Waals surface area contributed by atoms with Gasteiger partial charge in [-0.1, -0.05) is 13.0 Å². The van der Waals surface area contributed by atoms with Crippen molar-refractivity contribution in [1.29, 1.82) is 0 Å². The number of carbonyl (C=O) groups is 2. The van der Waals surface area contributed by atoms with Crippen molar-refractivity contribution in [3.63, 3.8) is 0 Å². The Morgan fingerprint density at radius 2 is 1.52 bits per heavy atom. The summed E-state index contributed by atoms with van der Waals surface area (Å²) in [6.07, 6.45) is 4.15. The van der Waals surface area contributed by atoms with Gasteiger partial charge in [0.2, 0.25) is 0 Å². The molecule has 1 aliphatic rings. The van der Waals surface area contributed by atoms with E-state index in [4.69, 9.17) is 0 Å². The number of aryl methyl sites for hydroxylation is 2. The molecule has 0 unspecified atom stereocenters. The fraction of sp³-hybridized carbons (Fsp3) is 0.529. The second kappa shape index (κ2) is 6.74. The van der Waals surface area contributed by atoms with Crippen molar-refractivity contribution in [2.24, 2.45) is 5.92 Å². The van der Waals surface area contributed by atoms with Crippen LogP contribution in [0.4, 0.5) is 5.69 Å². The standard InChI is InChI=1S/C17H24N2O2/c1-11-4-6-14(7-5-11)18-16(20)17(21)19-15-9-12(2)8-13(3)10-15/h8-11,14H,4-7H2,1-3H3,(H,18,20)(H,19,21). The number of rotatable bonds is 2. The van der Waals surface area contributed by atoms with Crippen LogP contribution in [-0.2, 0) is 9.59 Å². The maximum atomic E-state index is 11.9. The highest BCUT2D eigenvalue weighted by atomic mass is 16.2. The van der Waals surface area contributed by atoms with Crippen LogP contribution in [0.3, 0.4) is 0 Å². The molecule has 1 fully saturated rings. The molecule has 0 radical (unpaired) electrons. The molecule has 0 aliphatic heterocycles. The smallest absolute Gasteiger partial charge is 0.313 e. The first-order chi connectivity index (χ1) is 9.94. The summed E-state index contributed by atoms with van der Waals surface area (Å²) in [6.45, 7) is 6.16. The van der Waals surface area contributed by atoms with Gasteiger partial charge in [-0.3, -0.25) is 9.59 Å². The Morgan fingerprint density at radius 1 is 0.952 bits per heavy atom. The van der Waals surface area contributed by atoms with Gasteiger partial charge in [0.1, 0.15) is 0 Å². The number of nitrogens with one attached hydrogen (secondary N) is 2. The van der Waals surface area contributed by atoms with E-state index in [1.807, 2.05) is 32.0 Å². The molecule has 1 aromatic carbocycles. The molecule has 1 aliphatic carbocycles. The van der Waals surface area contributed by atoms with Gasteiger partial charge in [0.05, 0.1) is 0 Å². The fourth-order valence-corrected chi connectivity index (χ4v) is 2.89. The number of hydrogen-bond acceptors (Lipinski definition) is 2. The number of benzene rings is 1. The van der Waals surface area contributed by atoms with E-state index in [2.05, 4.69) is 17.6 Å². The van der Waals surface area contributed by atoms with Crippen molar-refractivity contribution in [2.45, 2.75) is 52.5 Å². The zero-order chi connectivity index (χ0) is 15.4. The summed E-state index contributed by atoms with van der Waals surface area (Å²) in [5.41, 5.74) is 2.80. The highest BCUT2D eigenvalue weighted by molar-refractivity contribution is 6.39. The topological polar surface area (TPSA) is 58.2 Å². The predicted molar refractivity (Wildman–Crippen MR) is 84.1 cm³/mol. The largest absolute Gasteiger partial charge is 0.345 e. The van der Waals surface area contributed by atoms with E-state index in [0.29, 0.717) is 5.69 Å². The SMILES string of the molecule is Cc1cc(C)cc(NC(=O)C(=O)NC2CCC(C)CC2)c1. The first kappa shape index (κ1) is 15.5. The van der Waals surface area contributed by atoms with E-state index < -0.39 is 11.8 Å². The Hall–Kier alpha value is -1.84. The highest BCUT2D eigenvalue weighted by Gasteiger charge is 2.22. The zero-order valence-electron chi connectivity index (χ0n) is 13.0. The van der Waals surface area contributed by atoms with E-state index in [0.717, 1.165) is 42.7 Å². The van der Waals surface area contributed by atoms with Crippen LogP contribution in [0.1, 0.15) is 43.7 Å². The lowest BCUT2D eigenvalue weighted by Crippen LogP contribution is -2.43. The molecule has 2 rings (SSSR count). The minimum Gasteiger partial charge on any atom is -0.345 e. The van der Waals surface area contributed by atoms with Crippen molar-refractivity contribution in [3.8, 4) is 0 Å². The van der Waals surface area contributed by atoms with E-state index in [9.17, 15) is 9.59 Å². The van der Waals surface area contributed by atoms with Gasteiger partial charge < -0.3 is 10.6 Å². The summed E-state index contributed by atoms with van der Waals surface area (Å²) < 4.78 is 0. The molecular formula is C17H24N2O2. The van der Waals surface area contributed by atoms with Crippen LogP contribution in [0, 0.1) is 19.8 Å². The first-order valence-electron chi connectivity index (χ1n) is 7.64. The summed E-state index contributed by atoms with van der Waals surface area (Å²) in [6, 6.07) is 5.89. The number of carbonyl (C=O) groups excluding carboxylic acids is 2. The van der Waals surface area contributed by atoms with E-state index >= 15 is 0 Å². The van der Waals surface area contributed by atoms with Gasteiger partial charge in [-0.15, -0.1) is 0 Å². The summed E-state index contributed by atoms with van der Waals surface area (Å²) in [7, 11) is 0. The molecule has 21 heavy (non-hydrogen) atoms. The molecule has 0 saturated heterocycles. The van der Waals surface area contributed by atoms with Crippen LogP contribution < -0.4 is 10.6 Å². The van der Waals surface area contributed by atoms with Gasteiger partial charge >= 0.3 is 11.8 Å². The van der Waals surface area contributed by atoms with Crippen molar-refractivity contribution >= 4 is 17.5 Å². The van der Waals surface area contributed by atoms with E-state index in [-0.39, 0.29) is 6.04 Å². The fourth-order valence-electron chi connectivity index (χ4n) is 2.89. The normalized spacial score (nSPS) is 21.7. The third-order valence-corrected chi connectivity index (χ3v) is 4.04. The molecule has 2 N–H and O–H groups in total. The predicted octanol–water partition coefficient (Wildman–Crippen LogP) is 2.94. The minimum absolute atomic E-state index is 0.138. The number of anilines is 1. The maximum Gasteiger partial charge on any atom is 0.313 e. The third kappa shape index (κ3) is 4.59. The van der Waals surface area contributed by atoms with Crippen molar-refractivity contribution < 1.29 is 9.59 Å². The summed E-state index contributed by atoms with van der Waals surface area (Å²) in [4.78, 5) is 23.9. The Kier molecular flexibility index (Phi) is 4.99. The maximum absolute atomic E-state index is 11.9. The molecule has 4 heteroatoms. The van der Waals surface area contributed by atoms with Gasteiger partial charge in [-0.25, -0.2) is 0 Å². The average Bonchev–Trinajstić information content (AvgIpc) is 2.40. The van der Waals surface area contributed by atoms with Crippen LogP contribution in [0.5, 0.6) is 0 Å². The summed E-state index contributed by atoms with van der Waals surface area (Å²) in [5, 5.41) is 5.51. The van der Waals surface area contributed by atoms with Crippen molar-refractivity contribution in [1.82, 2.24) is 5.32 Å². The first-order valence-corrected chi connectivity index (χ1v) is 7.64. The van der Waals surface area contributed by atoms with Gasteiger partial charge in [0.25, 0.3) is 0 Å². The second-order valence-corrected chi connectivity index (χ2v) is 6.26. The van der Waals surface area contributed by atoms with E-state index in [1.165, 1.54) is 0 Å². The summed E-state index contributed by atoms with van der Waals surface area (Å²) in [5.74, 6) is -0.394. The lowest BCUT2D eigenvalue weighted by Gasteiger charge is -2.26. The lowest BCUT2D eigenvalue weighted by atomic mass is 9.87. The quantitative estimate of drug-likeness (QED) is 0.822. The van der Waals surface area contributed by atoms with Crippen LogP contribution in [0.2, 0.25) is 0 Å². The molecule has 114 valence electrons. The number of amides is 2. The van der Waals surface area contributed by atoms with Crippen LogP contribution in [-0.4, -0.2) is 17.9 Å². The molecule has 0 spiro atoms.